The van der Waals surface area contributed by atoms with E-state index in [1.807, 2.05) is 37.3 Å². The number of hydrogen-bond donors (Lipinski definition) is 2. The Labute approximate surface area is 155 Å². The van der Waals surface area contributed by atoms with Crippen LogP contribution >= 0.6 is 11.6 Å². The first-order valence-corrected chi connectivity index (χ1v) is 8.71. The van der Waals surface area contributed by atoms with Crippen LogP contribution in [0.15, 0.2) is 42.5 Å². The molecule has 2 amide bonds. The van der Waals surface area contributed by atoms with Crippen molar-refractivity contribution < 1.29 is 9.59 Å². The minimum atomic E-state index is -0.432. The van der Waals surface area contributed by atoms with E-state index in [1.54, 1.807) is 17.0 Å². The number of anilines is 2. The lowest BCUT2D eigenvalue weighted by Gasteiger charge is -2.14. The fraction of sp³-hybridized carbons (Fsp3) is 0.211. The fourth-order valence-corrected chi connectivity index (χ4v) is 3.34. The van der Waals surface area contributed by atoms with E-state index in [9.17, 15) is 9.59 Å². The maximum atomic E-state index is 12.6. The average molecular weight is 369 g/mol. The summed E-state index contributed by atoms with van der Waals surface area (Å²) in [7, 11) is 0. The van der Waals surface area contributed by atoms with Crippen molar-refractivity contribution >= 4 is 45.8 Å². The van der Waals surface area contributed by atoms with Crippen LogP contribution in [0.2, 0.25) is 5.02 Å². The van der Waals surface area contributed by atoms with Gasteiger partial charge in [-0.1, -0.05) is 29.8 Å². The number of para-hydroxylation sites is 1. The molecule has 1 saturated heterocycles. The zero-order valence-corrected chi connectivity index (χ0v) is 14.9. The van der Waals surface area contributed by atoms with Gasteiger partial charge in [-0.3, -0.25) is 19.6 Å². The molecule has 1 aromatic heterocycles. The highest BCUT2D eigenvalue weighted by molar-refractivity contribution is 6.31. The fourth-order valence-electron chi connectivity index (χ4n) is 3.16. The first-order chi connectivity index (χ1) is 12.5. The van der Waals surface area contributed by atoms with Crippen molar-refractivity contribution in [3.63, 3.8) is 0 Å². The van der Waals surface area contributed by atoms with E-state index in [1.165, 1.54) is 0 Å². The van der Waals surface area contributed by atoms with Crippen LogP contribution in [0.3, 0.4) is 0 Å². The summed E-state index contributed by atoms with van der Waals surface area (Å²) in [6.45, 7) is 2.20. The molecule has 2 aromatic carbocycles. The van der Waals surface area contributed by atoms with E-state index < -0.39 is 5.92 Å². The number of aromatic amines is 1. The minimum Gasteiger partial charge on any atom is -0.326 e. The van der Waals surface area contributed by atoms with Crippen LogP contribution in [-0.2, 0) is 9.59 Å². The molecule has 1 fully saturated rings. The van der Waals surface area contributed by atoms with Crippen LogP contribution in [-0.4, -0.2) is 28.6 Å². The number of fused-ring (bicyclic) bond motifs is 1. The van der Waals surface area contributed by atoms with E-state index in [-0.39, 0.29) is 18.2 Å². The number of carbonyl (C=O) groups is 2. The van der Waals surface area contributed by atoms with Crippen LogP contribution < -0.4 is 10.2 Å². The van der Waals surface area contributed by atoms with Crippen molar-refractivity contribution in [3.8, 4) is 0 Å². The van der Waals surface area contributed by atoms with Crippen LogP contribution in [0.4, 0.5) is 11.5 Å². The number of benzene rings is 2. The lowest BCUT2D eigenvalue weighted by Crippen LogP contribution is -2.28. The van der Waals surface area contributed by atoms with Crippen molar-refractivity contribution in [2.45, 2.75) is 13.3 Å². The zero-order chi connectivity index (χ0) is 18.3. The Hall–Kier alpha value is -2.86. The molecule has 2 heterocycles. The van der Waals surface area contributed by atoms with E-state index in [0.717, 1.165) is 16.5 Å². The molecule has 0 radical (unpaired) electrons. The van der Waals surface area contributed by atoms with Crippen molar-refractivity contribution in [2.24, 2.45) is 5.92 Å². The standard InChI is InChI=1S/C19H17ClN4O2/c1-11-6-7-13(9-15(11)20)21-19(26)12-8-17(25)24(10-12)18-14-4-2-3-5-16(14)22-23-18/h2-7,9,12H,8,10H2,1H3,(H,21,26)(H,22,23). The van der Waals surface area contributed by atoms with Gasteiger partial charge in [-0.2, -0.15) is 5.10 Å². The molecule has 1 aliphatic heterocycles. The molecule has 0 bridgehead atoms. The number of rotatable bonds is 3. The van der Waals surface area contributed by atoms with Gasteiger partial charge >= 0.3 is 0 Å². The summed E-state index contributed by atoms with van der Waals surface area (Å²) in [5.74, 6) is -0.165. The summed E-state index contributed by atoms with van der Waals surface area (Å²) in [5, 5.41) is 11.5. The number of halogens is 1. The maximum absolute atomic E-state index is 12.6. The van der Waals surface area contributed by atoms with Gasteiger partial charge in [0.25, 0.3) is 0 Å². The van der Waals surface area contributed by atoms with Gasteiger partial charge in [-0.05, 0) is 36.8 Å². The van der Waals surface area contributed by atoms with Crippen molar-refractivity contribution in [3.05, 3.63) is 53.1 Å². The quantitative estimate of drug-likeness (QED) is 0.742. The number of nitrogens with one attached hydrogen (secondary N) is 2. The van der Waals surface area contributed by atoms with Gasteiger partial charge < -0.3 is 5.32 Å². The molecule has 1 unspecified atom stereocenters. The third kappa shape index (κ3) is 2.93. The van der Waals surface area contributed by atoms with Gasteiger partial charge in [-0.25, -0.2) is 0 Å². The van der Waals surface area contributed by atoms with Crippen molar-refractivity contribution in [1.29, 1.82) is 0 Å². The topological polar surface area (TPSA) is 78.1 Å². The predicted molar refractivity (Wildman–Crippen MR) is 101 cm³/mol. The molecule has 2 N–H and O–H groups in total. The summed E-state index contributed by atoms with van der Waals surface area (Å²) in [6, 6.07) is 13.0. The number of H-pyrrole nitrogens is 1. The Bertz CT molecular complexity index is 1010. The lowest BCUT2D eigenvalue weighted by atomic mass is 10.1. The first-order valence-electron chi connectivity index (χ1n) is 8.33. The summed E-state index contributed by atoms with van der Waals surface area (Å²) in [5.41, 5.74) is 2.43. The third-order valence-electron chi connectivity index (χ3n) is 4.64. The second kappa shape index (κ2) is 6.46. The van der Waals surface area contributed by atoms with Gasteiger partial charge in [0, 0.05) is 29.1 Å². The molecular formula is C19H17ClN4O2. The number of nitrogens with zero attached hydrogens (tertiary/aromatic N) is 2. The lowest BCUT2D eigenvalue weighted by molar-refractivity contribution is -0.122. The predicted octanol–water partition coefficient (Wildman–Crippen LogP) is 3.52. The molecule has 0 spiro atoms. The maximum Gasteiger partial charge on any atom is 0.229 e. The summed E-state index contributed by atoms with van der Waals surface area (Å²) in [6.07, 6.45) is 0.159. The van der Waals surface area contributed by atoms with Crippen molar-refractivity contribution in [2.75, 3.05) is 16.8 Å². The van der Waals surface area contributed by atoms with Gasteiger partial charge in [-0.15, -0.1) is 0 Å². The monoisotopic (exact) mass is 368 g/mol. The molecule has 1 aliphatic rings. The highest BCUT2D eigenvalue weighted by atomic mass is 35.5. The number of aryl methyl sites for hydroxylation is 1. The summed E-state index contributed by atoms with van der Waals surface area (Å²) >= 11 is 6.10. The van der Waals surface area contributed by atoms with Crippen molar-refractivity contribution in [1.82, 2.24) is 10.2 Å². The smallest absolute Gasteiger partial charge is 0.229 e. The van der Waals surface area contributed by atoms with Crippen LogP contribution in [0.5, 0.6) is 0 Å². The molecule has 7 heteroatoms. The Morgan fingerprint density at radius 2 is 2.12 bits per heavy atom. The molecular weight excluding hydrogens is 352 g/mol. The van der Waals surface area contributed by atoms with Crippen LogP contribution in [0.25, 0.3) is 10.9 Å². The Kier molecular flexibility index (Phi) is 4.12. The zero-order valence-electron chi connectivity index (χ0n) is 14.1. The Balaban J connectivity index is 1.52. The van der Waals surface area contributed by atoms with Gasteiger partial charge in [0.05, 0.1) is 11.4 Å². The molecule has 26 heavy (non-hydrogen) atoms. The third-order valence-corrected chi connectivity index (χ3v) is 5.05. The van der Waals surface area contributed by atoms with E-state index in [2.05, 4.69) is 15.5 Å². The number of carbonyl (C=O) groups excluding carboxylic acids is 2. The van der Waals surface area contributed by atoms with Crippen LogP contribution in [0.1, 0.15) is 12.0 Å². The highest BCUT2D eigenvalue weighted by Crippen LogP contribution is 2.30. The van der Waals surface area contributed by atoms with E-state index >= 15 is 0 Å². The first kappa shape index (κ1) is 16.6. The van der Waals surface area contributed by atoms with Gasteiger partial charge in [0.1, 0.15) is 0 Å². The van der Waals surface area contributed by atoms with E-state index in [0.29, 0.717) is 23.1 Å². The summed E-state index contributed by atoms with van der Waals surface area (Å²) in [4.78, 5) is 26.6. The van der Waals surface area contributed by atoms with Gasteiger partial charge in [0.15, 0.2) is 5.82 Å². The summed E-state index contributed by atoms with van der Waals surface area (Å²) < 4.78 is 0. The molecule has 6 nitrogen and oxygen atoms in total. The SMILES string of the molecule is Cc1ccc(NC(=O)C2CC(=O)N(c3n[nH]c4ccccc34)C2)cc1Cl. The Morgan fingerprint density at radius 3 is 2.92 bits per heavy atom. The normalized spacial score (nSPS) is 17.1. The minimum absolute atomic E-state index is 0.107. The molecule has 1 atom stereocenters. The molecule has 132 valence electrons. The van der Waals surface area contributed by atoms with Crippen LogP contribution in [0, 0.1) is 12.8 Å². The Morgan fingerprint density at radius 1 is 1.31 bits per heavy atom. The highest BCUT2D eigenvalue weighted by Gasteiger charge is 2.36. The largest absolute Gasteiger partial charge is 0.326 e. The molecule has 4 rings (SSSR count). The number of amides is 2. The van der Waals surface area contributed by atoms with Gasteiger partial charge in [0.2, 0.25) is 11.8 Å². The second-order valence-corrected chi connectivity index (χ2v) is 6.86. The molecule has 0 aliphatic carbocycles. The average Bonchev–Trinajstić information content (AvgIpc) is 3.21. The molecule has 0 saturated carbocycles. The number of hydrogen-bond acceptors (Lipinski definition) is 3. The number of aromatic nitrogens is 2. The van der Waals surface area contributed by atoms with E-state index in [4.69, 9.17) is 11.6 Å². The second-order valence-electron chi connectivity index (χ2n) is 6.45. The molecule has 3 aromatic rings.